The fraction of sp³-hybridized carbons (Fsp3) is 0.385. The van der Waals surface area contributed by atoms with Crippen LogP contribution in [0.1, 0.15) is 22.8 Å². The first kappa shape index (κ1) is 15.4. The number of carbonyl (C=O) groups is 2. The Morgan fingerprint density at radius 2 is 2.11 bits per heavy atom. The van der Waals surface area contributed by atoms with Gasteiger partial charge in [-0.25, -0.2) is 9.59 Å². The highest BCUT2D eigenvalue weighted by molar-refractivity contribution is 7.98. The Labute approximate surface area is 116 Å². The number of aromatic carboxylic acids is 1. The Morgan fingerprint density at radius 3 is 2.63 bits per heavy atom. The summed E-state index contributed by atoms with van der Waals surface area (Å²) in [6, 6.07) is 4.49. The van der Waals surface area contributed by atoms with E-state index < -0.39 is 5.97 Å². The van der Waals surface area contributed by atoms with Crippen molar-refractivity contribution in [1.29, 1.82) is 0 Å². The fourth-order valence-corrected chi connectivity index (χ4v) is 2.25. The van der Waals surface area contributed by atoms with Crippen LogP contribution in [0.5, 0.6) is 0 Å². The van der Waals surface area contributed by atoms with E-state index in [0.29, 0.717) is 11.3 Å². The van der Waals surface area contributed by atoms with Gasteiger partial charge in [-0.05, 0) is 43.9 Å². The van der Waals surface area contributed by atoms with Crippen LogP contribution in [0.15, 0.2) is 18.2 Å². The number of urea groups is 1. The van der Waals surface area contributed by atoms with E-state index in [1.165, 1.54) is 6.07 Å². The third-order valence-electron chi connectivity index (χ3n) is 2.51. The van der Waals surface area contributed by atoms with Gasteiger partial charge >= 0.3 is 12.0 Å². The number of carbonyl (C=O) groups excluding carboxylic acids is 1. The maximum absolute atomic E-state index is 11.7. The van der Waals surface area contributed by atoms with Crippen molar-refractivity contribution >= 4 is 29.4 Å². The predicted molar refractivity (Wildman–Crippen MR) is 78.1 cm³/mol. The summed E-state index contributed by atoms with van der Waals surface area (Å²) < 4.78 is 0. The number of hydrogen-bond acceptors (Lipinski definition) is 3. The summed E-state index contributed by atoms with van der Waals surface area (Å²) in [5.74, 6) is -0.133. The number of amides is 2. The van der Waals surface area contributed by atoms with Gasteiger partial charge in [-0.15, -0.1) is 0 Å². The second kappa shape index (κ2) is 7.04. The van der Waals surface area contributed by atoms with E-state index in [4.69, 9.17) is 5.11 Å². The first-order chi connectivity index (χ1) is 8.93. The average Bonchev–Trinajstić information content (AvgIpc) is 2.28. The zero-order valence-electron chi connectivity index (χ0n) is 11.2. The Kier molecular flexibility index (Phi) is 5.69. The molecule has 6 heteroatoms. The first-order valence-corrected chi connectivity index (χ1v) is 7.23. The Morgan fingerprint density at radius 1 is 1.42 bits per heavy atom. The van der Waals surface area contributed by atoms with E-state index in [9.17, 15) is 9.59 Å². The summed E-state index contributed by atoms with van der Waals surface area (Å²) in [7, 11) is 0. The summed E-state index contributed by atoms with van der Waals surface area (Å²) in [4.78, 5) is 22.6. The highest BCUT2D eigenvalue weighted by Crippen LogP contribution is 2.15. The van der Waals surface area contributed by atoms with Gasteiger partial charge < -0.3 is 15.7 Å². The highest BCUT2D eigenvalue weighted by Gasteiger charge is 2.10. The molecule has 19 heavy (non-hydrogen) atoms. The first-order valence-electron chi connectivity index (χ1n) is 5.84. The molecule has 0 aliphatic heterocycles. The molecule has 5 nitrogen and oxygen atoms in total. The summed E-state index contributed by atoms with van der Waals surface area (Å²) in [6.07, 6.45) is 1.98. The van der Waals surface area contributed by atoms with Crippen molar-refractivity contribution in [3.8, 4) is 0 Å². The molecule has 1 rings (SSSR count). The average molecular weight is 282 g/mol. The minimum atomic E-state index is -0.970. The lowest BCUT2D eigenvalue weighted by molar-refractivity contribution is 0.0696. The van der Waals surface area contributed by atoms with Crippen molar-refractivity contribution in [2.75, 3.05) is 17.3 Å². The van der Waals surface area contributed by atoms with Crippen LogP contribution < -0.4 is 10.6 Å². The molecule has 0 saturated heterocycles. The lowest BCUT2D eigenvalue weighted by Gasteiger charge is -2.14. The van der Waals surface area contributed by atoms with Crippen LogP contribution >= 0.6 is 11.8 Å². The molecule has 0 bridgehead atoms. The van der Waals surface area contributed by atoms with E-state index >= 15 is 0 Å². The zero-order chi connectivity index (χ0) is 14.4. The number of thioether (sulfide) groups is 1. The number of aryl methyl sites for hydroxylation is 1. The Hall–Kier alpha value is -1.69. The van der Waals surface area contributed by atoms with E-state index in [-0.39, 0.29) is 17.6 Å². The van der Waals surface area contributed by atoms with Crippen molar-refractivity contribution in [3.05, 3.63) is 29.3 Å². The van der Waals surface area contributed by atoms with Crippen LogP contribution in [0.3, 0.4) is 0 Å². The lowest BCUT2D eigenvalue weighted by atomic mass is 10.1. The molecule has 0 spiro atoms. The molecular weight excluding hydrogens is 264 g/mol. The maximum Gasteiger partial charge on any atom is 0.335 e. The van der Waals surface area contributed by atoms with Gasteiger partial charge in [0.1, 0.15) is 0 Å². The molecule has 1 atom stereocenters. The molecular formula is C13H18N2O3S. The number of hydrogen-bond donors (Lipinski definition) is 3. The van der Waals surface area contributed by atoms with Gasteiger partial charge in [-0.1, -0.05) is 0 Å². The topological polar surface area (TPSA) is 78.4 Å². The van der Waals surface area contributed by atoms with Crippen molar-refractivity contribution < 1.29 is 14.7 Å². The molecule has 0 aliphatic rings. The fourth-order valence-electron chi connectivity index (χ4n) is 1.66. The van der Waals surface area contributed by atoms with E-state index in [1.54, 1.807) is 30.8 Å². The molecule has 2 amide bonds. The standard InChI is InChI=1S/C13H18N2O3S/c1-8-6-10(4-5-11(8)12(16)17)15-13(18)14-9(2)7-19-3/h4-6,9H,7H2,1-3H3,(H,16,17)(H2,14,15,18). The Bertz CT molecular complexity index is 477. The molecule has 104 valence electrons. The monoisotopic (exact) mass is 282 g/mol. The molecule has 1 aromatic rings. The minimum absolute atomic E-state index is 0.0781. The van der Waals surface area contributed by atoms with Crippen LogP contribution in [0.2, 0.25) is 0 Å². The number of anilines is 1. The number of benzene rings is 1. The van der Waals surface area contributed by atoms with Crippen molar-refractivity contribution in [1.82, 2.24) is 5.32 Å². The van der Waals surface area contributed by atoms with Crippen LogP contribution in [0, 0.1) is 6.92 Å². The Balaban J connectivity index is 2.65. The molecule has 3 N–H and O–H groups in total. The quantitative estimate of drug-likeness (QED) is 0.775. The van der Waals surface area contributed by atoms with Gasteiger partial charge in [0.2, 0.25) is 0 Å². The molecule has 1 unspecified atom stereocenters. The van der Waals surface area contributed by atoms with Crippen molar-refractivity contribution in [2.24, 2.45) is 0 Å². The number of nitrogens with one attached hydrogen (secondary N) is 2. The summed E-state index contributed by atoms with van der Waals surface area (Å²) >= 11 is 1.66. The number of rotatable bonds is 5. The molecule has 0 fully saturated rings. The summed E-state index contributed by atoms with van der Waals surface area (Å²) in [5.41, 5.74) is 1.43. The second-order valence-corrected chi connectivity index (χ2v) is 5.20. The summed E-state index contributed by atoms with van der Waals surface area (Å²) in [5, 5.41) is 14.4. The normalized spacial score (nSPS) is 11.7. The minimum Gasteiger partial charge on any atom is -0.478 e. The van der Waals surface area contributed by atoms with E-state index in [2.05, 4.69) is 10.6 Å². The van der Waals surface area contributed by atoms with Crippen LogP contribution in [-0.4, -0.2) is 35.2 Å². The van der Waals surface area contributed by atoms with Gasteiger partial charge in [0, 0.05) is 17.5 Å². The smallest absolute Gasteiger partial charge is 0.335 e. The number of carboxylic acids is 1. The summed E-state index contributed by atoms with van der Waals surface area (Å²) in [6.45, 7) is 3.62. The lowest BCUT2D eigenvalue weighted by Crippen LogP contribution is -2.37. The molecule has 0 saturated carbocycles. The largest absolute Gasteiger partial charge is 0.478 e. The third kappa shape index (κ3) is 4.82. The number of carboxylic acid groups (broad SMARTS) is 1. The van der Waals surface area contributed by atoms with E-state index in [0.717, 1.165) is 5.75 Å². The van der Waals surface area contributed by atoms with Crippen molar-refractivity contribution in [2.45, 2.75) is 19.9 Å². The van der Waals surface area contributed by atoms with Gasteiger partial charge in [0.15, 0.2) is 0 Å². The molecule has 1 aromatic carbocycles. The SMILES string of the molecule is CSCC(C)NC(=O)Nc1ccc(C(=O)O)c(C)c1. The second-order valence-electron chi connectivity index (χ2n) is 4.29. The van der Waals surface area contributed by atoms with Crippen LogP contribution in [-0.2, 0) is 0 Å². The van der Waals surface area contributed by atoms with E-state index in [1.807, 2.05) is 13.2 Å². The van der Waals surface area contributed by atoms with Gasteiger partial charge in [-0.2, -0.15) is 11.8 Å². The maximum atomic E-state index is 11.7. The predicted octanol–water partition coefficient (Wildman–Crippen LogP) is 2.57. The van der Waals surface area contributed by atoms with Crippen LogP contribution in [0.4, 0.5) is 10.5 Å². The molecule has 0 aromatic heterocycles. The van der Waals surface area contributed by atoms with Gasteiger partial charge in [0.05, 0.1) is 5.56 Å². The zero-order valence-corrected chi connectivity index (χ0v) is 12.0. The van der Waals surface area contributed by atoms with Gasteiger partial charge in [-0.3, -0.25) is 0 Å². The molecule has 0 radical (unpaired) electrons. The van der Waals surface area contributed by atoms with Gasteiger partial charge in [0.25, 0.3) is 0 Å². The highest BCUT2D eigenvalue weighted by atomic mass is 32.2. The van der Waals surface area contributed by atoms with Crippen molar-refractivity contribution in [3.63, 3.8) is 0 Å². The van der Waals surface area contributed by atoms with Crippen LogP contribution in [0.25, 0.3) is 0 Å². The molecule has 0 heterocycles. The molecule has 0 aliphatic carbocycles. The third-order valence-corrected chi connectivity index (χ3v) is 3.34.